The number of nitrogens with one attached hydrogen (secondary N) is 2. The summed E-state index contributed by atoms with van der Waals surface area (Å²) in [4.78, 5) is 24.6. The number of carbonyl (C=O) groups is 2. The SMILES string of the molecule is COC(=O)c1ccc(C[NH+](C)CC(=O)Nc2ccc(C)cc2)cc1. The van der Waals surface area contributed by atoms with E-state index in [-0.39, 0.29) is 11.9 Å². The van der Waals surface area contributed by atoms with E-state index in [0.29, 0.717) is 18.7 Å². The Balaban J connectivity index is 1.85. The van der Waals surface area contributed by atoms with Gasteiger partial charge in [0.2, 0.25) is 0 Å². The van der Waals surface area contributed by atoms with Crippen LogP contribution in [0.4, 0.5) is 5.69 Å². The Hall–Kier alpha value is -2.66. The van der Waals surface area contributed by atoms with Crippen molar-refractivity contribution >= 4 is 17.6 Å². The van der Waals surface area contributed by atoms with Gasteiger partial charge in [0.1, 0.15) is 6.54 Å². The molecule has 5 nitrogen and oxygen atoms in total. The Morgan fingerprint density at radius 3 is 2.25 bits per heavy atom. The molecule has 5 heteroatoms. The number of aryl methyl sites for hydroxylation is 1. The lowest BCUT2D eigenvalue weighted by atomic mass is 10.1. The number of amides is 1. The molecule has 0 heterocycles. The van der Waals surface area contributed by atoms with Crippen molar-refractivity contribution in [2.75, 3.05) is 26.0 Å². The third kappa shape index (κ3) is 5.21. The Labute approximate surface area is 142 Å². The van der Waals surface area contributed by atoms with Crippen LogP contribution < -0.4 is 10.2 Å². The van der Waals surface area contributed by atoms with Gasteiger partial charge in [0, 0.05) is 11.3 Å². The van der Waals surface area contributed by atoms with Crippen LogP contribution >= 0.6 is 0 Å². The van der Waals surface area contributed by atoms with Crippen LogP contribution in [0.1, 0.15) is 21.5 Å². The second-order valence-corrected chi connectivity index (χ2v) is 5.91. The third-order valence-corrected chi connectivity index (χ3v) is 3.68. The van der Waals surface area contributed by atoms with Crippen LogP contribution in [0, 0.1) is 6.92 Å². The standard InChI is InChI=1S/C19H22N2O3/c1-14-4-10-17(11-5-14)20-18(22)13-21(2)12-15-6-8-16(9-7-15)19(23)24-3/h4-11H,12-13H2,1-3H3,(H,20,22)/p+1. The van der Waals surface area contributed by atoms with E-state index in [2.05, 4.69) is 10.1 Å². The molecule has 0 fully saturated rings. The maximum atomic E-state index is 12.1. The highest BCUT2D eigenvalue weighted by atomic mass is 16.5. The molecule has 0 bridgehead atoms. The molecule has 2 N–H and O–H groups in total. The van der Waals surface area contributed by atoms with Crippen LogP contribution in [0.5, 0.6) is 0 Å². The molecule has 126 valence electrons. The Kier molecular flexibility index (Phi) is 6.09. The molecule has 1 unspecified atom stereocenters. The largest absolute Gasteiger partial charge is 0.465 e. The molecule has 0 spiro atoms. The molecule has 0 saturated heterocycles. The maximum absolute atomic E-state index is 12.1. The Morgan fingerprint density at radius 1 is 1.04 bits per heavy atom. The number of ether oxygens (including phenoxy) is 1. The van der Waals surface area contributed by atoms with Crippen LogP contribution in [-0.2, 0) is 16.1 Å². The number of hydrogen-bond donors (Lipinski definition) is 2. The highest BCUT2D eigenvalue weighted by molar-refractivity contribution is 5.91. The van der Waals surface area contributed by atoms with Crippen molar-refractivity contribution in [2.24, 2.45) is 0 Å². The van der Waals surface area contributed by atoms with Gasteiger partial charge in [-0.05, 0) is 31.2 Å². The lowest BCUT2D eigenvalue weighted by Gasteiger charge is -2.14. The van der Waals surface area contributed by atoms with Crippen molar-refractivity contribution in [3.63, 3.8) is 0 Å². The summed E-state index contributed by atoms with van der Waals surface area (Å²) >= 11 is 0. The van der Waals surface area contributed by atoms with Gasteiger partial charge in [-0.25, -0.2) is 4.79 Å². The van der Waals surface area contributed by atoms with Gasteiger partial charge in [-0.3, -0.25) is 4.79 Å². The normalized spacial score (nSPS) is 11.6. The number of carbonyl (C=O) groups excluding carboxylic acids is 2. The molecule has 1 atom stereocenters. The minimum Gasteiger partial charge on any atom is -0.465 e. The Bertz CT molecular complexity index is 694. The summed E-state index contributed by atoms with van der Waals surface area (Å²) in [5, 5.41) is 2.90. The average molecular weight is 327 g/mol. The molecule has 2 aromatic rings. The van der Waals surface area contributed by atoms with E-state index in [1.54, 1.807) is 12.1 Å². The number of quaternary nitrogens is 1. The number of methoxy groups -OCH3 is 1. The quantitative estimate of drug-likeness (QED) is 0.789. The van der Waals surface area contributed by atoms with E-state index < -0.39 is 0 Å². The summed E-state index contributed by atoms with van der Waals surface area (Å²) in [5.74, 6) is -0.373. The minimum absolute atomic E-state index is 0.0254. The summed E-state index contributed by atoms with van der Waals surface area (Å²) < 4.78 is 4.68. The summed E-state index contributed by atoms with van der Waals surface area (Å²) in [6, 6.07) is 15.0. The molecule has 2 aromatic carbocycles. The zero-order valence-electron chi connectivity index (χ0n) is 14.3. The van der Waals surface area contributed by atoms with Crippen molar-refractivity contribution < 1.29 is 19.2 Å². The molecule has 2 rings (SSSR count). The van der Waals surface area contributed by atoms with Crippen LogP contribution in [0.15, 0.2) is 48.5 Å². The Morgan fingerprint density at radius 2 is 1.67 bits per heavy atom. The van der Waals surface area contributed by atoms with E-state index >= 15 is 0 Å². The monoisotopic (exact) mass is 327 g/mol. The number of hydrogen-bond acceptors (Lipinski definition) is 3. The molecular weight excluding hydrogens is 304 g/mol. The summed E-state index contributed by atoms with van der Waals surface area (Å²) in [6.45, 7) is 3.07. The van der Waals surface area contributed by atoms with Crippen molar-refractivity contribution in [1.82, 2.24) is 0 Å². The lowest BCUT2D eigenvalue weighted by Crippen LogP contribution is -3.08. The number of rotatable bonds is 6. The van der Waals surface area contributed by atoms with E-state index in [1.165, 1.54) is 7.11 Å². The first-order valence-corrected chi connectivity index (χ1v) is 7.83. The van der Waals surface area contributed by atoms with Gasteiger partial charge < -0.3 is 15.0 Å². The van der Waals surface area contributed by atoms with Crippen molar-refractivity contribution in [2.45, 2.75) is 13.5 Å². The first-order valence-electron chi connectivity index (χ1n) is 7.83. The molecule has 0 aliphatic carbocycles. The van der Waals surface area contributed by atoms with E-state index in [1.807, 2.05) is 50.4 Å². The van der Waals surface area contributed by atoms with E-state index in [9.17, 15) is 9.59 Å². The lowest BCUT2D eigenvalue weighted by molar-refractivity contribution is -0.885. The number of anilines is 1. The highest BCUT2D eigenvalue weighted by Gasteiger charge is 2.12. The van der Waals surface area contributed by atoms with Gasteiger partial charge in [0.25, 0.3) is 5.91 Å². The van der Waals surface area contributed by atoms with Gasteiger partial charge in [0.05, 0.1) is 19.7 Å². The number of esters is 1. The predicted octanol–water partition coefficient (Wildman–Crippen LogP) is 1.44. The molecule has 0 aliphatic heterocycles. The molecule has 0 saturated carbocycles. The highest BCUT2D eigenvalue weighted by Crippen LogP contribution is 2.08. The summed E-state index contributed by atoms with van der Waals surface area (Å²) in [7, 11) is 3.32. The van der Waals surface area contributed by atoms with Gasteiger partial charge >= 0.3 is 5.97 Å². The van der Waals surface area contributed by atoms with Crippen LogP contribution in [0.25, 0.3) is 0 Å². The molecule has 0 aromatic heterocycles. The first kappa shape index (κ1) is 17.7. The number of benzene rings is 2. The van der Waals surface area contributed by atoms with Gasteiger partial charge in [-0.1, -0.05) is 29.8 Å². The fourth-order valence-corrected chi connectivity index (χ4v) is 2.40. The maximum Gasteiger partial charge on any atom is 0.337 e. The van der Waals surface area contributed by atoms with Gasteiger partial charge in [-0.15, -0.1) is 0 Å². The van der Waals surface area contributed by atoms with Gasteiger partial charge in [0.15, 0.2) is 6.54 Å². The summed E-state index contributed by atoms with van der Waals surface area (Å²) in [5.41, 5.74) is 3.55. The van der Waals surface area contributed by atoms with Crippen LogP contribution in [0.2, 0.25) is 0 Å². The average Bonchev–Trinajstić information content (AvgIpc) is 2.56. The van der Waals surface area contributed by atoms with Crippen molar-refractivity contribution in [1.29, 1.82) is 0 Å². The molecule has 1 amide bonds. The second kappa shape index (κ2) is 8.26. The van der Waals surface area contributed by atoms with E-state index in [0.717, 1.165) is 21.7 Å². The number of likely N-dealkylation sites (N-methyl/N-ethyl adjacent to an activating group) is 1. The third-order valence-electron chi connectivity index (χ3n) is 3.68. The minimum atomic E-state index is -0.347. The van der Waals surface area contributed by atoms with Crippen molar-refractivity contribution in [3.8, 4) is 0 Å². The fraction of sp³-hybridized carbons (Fsp3) is 0.263. The second-order valence-electron chi connectivity index (χ2n) is 5.91. The van der Waals surface area contributed by atoms with Crippen LogP contribution in [-0.4, -0.2) is 32.6 Å². The smallest absolute Gasteiger partial charge is 0.337 e. The van der Waals surface area contributed by atoms with Gasteiger partial charge in [-0.2, -0.15) is 0 Å². The zero-order chi connectivity index (χ0) is 17.5. The molecule has 24 heavy (non-hydrogen) atoms. The first-order chi connectivity index (χ1) is 11.5. The topological polar surface area (TPSA) is 59.8 Å². The fourth-order valence-electron chi connectivity index (χ4n) is 2.40. The summed E-state index contributed by atoms with van der Waals surface area (Å²) in [6.07, 6.45) is 0. The van der Waals surface area contributed by atoms with Crippen LogP contribution in [0.3, 0.4) is 0 Å². The van der Waals surface area contributed by atoms with E-state index in [4.69, 9.17) is 0 Å². The molecule has 0 aliphatic rings. The molecule has 0 radical (unpaired) electrons. The molecular formula is C19H23N2O3+. The zero-order valence-corrected chi connectivity index (χ0v) is 14.3. The van der Waals surface area contributed by atoms with Crippen molar-refractivity contribution in [3.05, 3.63) is 65.2 Å². The predicted molar refractivity (Wildman–Crippen MR) is 93.0 cm³/mol.